The highest BCUT2D eigenvalue weighted by molar-refractivity contribution is 6.32. The number of hydrogen-bond donors (Lipinski definition) is 6. The van der Waals surface area contributed by atoms with E-state index >= 15 is 9.59 Å². The number of aliphatic imine (C=N–C) groups is 1. The van der Waals surface area contributed by atoms with Crippen LogP contribution in [0.25, 0.3) is 22.8 Å². The lowest BCUT2D eigenvalue weighted by molar-refractivity contribution is -0.152. The minimum atomic E-state index is -1.63. The number of amides is 3. The van der Waals surface area contributed by atoms with Crippen molar-refractivity contribution >= 4 is 83.8 Å². The number of carbonyl (C=O) groups is 10. The number of H-pyrrole nitrogens is 1. The molecule has 4 aromatic rings. The Morgan fingerprint density at radius 2 is 1.20 bits per heavy atom. The molecule has 2 heterocycles. The number of amidine groups is 1. The van der Waals surface area contributed by atoms with E-state index in [0.717, 1.165) is 50.0 Å². The van der Waals surface area contributed by atoms with Crippen molar-refractivity contribution in [3.8, 4) is 22.6 Å². The van der Waals surface area contributed by atoms with Gasteiger partial charge in [0, 0.05) is 35.9 Å². The molecule has 3 aliphatic rings. The third-order valence-corrected chi connectivity index (χ3v) is 15.9. The van der Waals surface area contributed by atoms with Crippen LogP contribution >= 0.6 is 0 Å². The van der Waals surface area contributed by atoms with E-state index in [1.54, 1.807) is 66.7 Å². The van der Waals surface area contributed by atoms with Crippen molar-refractivity contribution in [3.63, 3.8) is 0 Å². The maximum atomic E-state index is 15.3. The number of hydrogen-bond acceptors (Lipinski definition) is 18. The van der Waals surface area contributed by atoms with Gasteiger partial charge >= 0.3 is 29.8 Å². The van der Waals surface area contributed by atoms with E-state index in [1.807, 2.05) is 27.7 Å². The largest absolute Gasteiger partial charge is 0.478 e. The lowest BCUT2D eigenvalue weighted by atomic mass is 9.75. The van der Waals surface area contributed by atoms with Gasteiger partial charge in [-0.05, 0) is 98.3 Å². The van der Waals surface area contributed by atoms with E-state index in [-0.39, 0.29) is 88.5 Å². The Hall–Kier alpha value is -9.77. The van der Waals surface area contributed by atoms with Crippen molar-refractivity contribution in [1.29, 1.82) is 0 Å². The molecule has 470 valence electrons. The van der Waals surface area contributed by atoms with Crippen LogP contribution in [0.3, 0.4) is 0 Å². The number of benzene rings is 3. The van der Waals surface area contributed by atoms with Gasteiger partial charge in [-0.15, -0.1) is 0 Å². The zero-order valence-corrected chi connectivity index (χ0v) is 50.7. The SMILES string of the molecule is C=CC(=O)OCC(CNC(C)C(=O)NC1=N/C(=C\c2[nH]c(NC(=O)C(C)NC(=O)c3cc(OC=O)c(OC=O)cc3C(=O)O)c(C(=O)OC3C(C)CC(C)CC3C)c2-c2ccccc2)C(c2ccccc2)=C1C(=O)OC1C(C)CC(C)CC1C)OC(=O)C=C. The normalized spacial score (nSPS) is 21.9. The fourth-order valence-electron chi connectivity index (χ4n) is 11.9. The van der Waals surface area contributed by atoms with Crippen LogP contribution in [0, 0.1) is 35.5 Å². The summed E-state index contributed by atoms with van der Waals surface area (Å²) in [6.07, 6.45) is 4.34. The van der Waals surface area contributed by atoms with Crippen LogP contribution in [-0.2, 0) is 52.5 Å². The lowest BCUT2D eigenvalue weighted by Crippen LogP contribution is -2.48. The number of carbonyl (C=O) groups excluding carboxylic acids is 9. The summed E-state index contributed by atoms with van der Waals surface area (Å²) in [7, 11) is 0. The summed E-state index contributed by atoms with van der Waals surface area (Å²) in [6, 6.07) is 16.5. The Labute approximate surface area is 514 Å². The first-order valence-corrected chi connectivity index (χ1v) is 29.2. The van der Waals surface area contributed by atoms with Crippen molar-refractivity contribution in [1.82, 2.24) is 20.9 Å². The monoisotopic (exact) mass is 1220 g/mol. The van der Waals surface area contributed by atoms with Gasteiger partial charge in [-0.1, -0.05) is 115 Å². The van der Waals surface area contributed by atoms with Crippen LogP contribution in [0.15, 0.2) is 114 Å². The number of aromatic amines is 1. The molecular weight excluding hydrogens is 1150 g/mol. The summed E-state index contributed by atoms with van der Waals surface area (Å²) < 4.78 is 33.1. The zero-order chi connectivity index (χ0) is 64.8. The van der Waals surface area contributed by atoms with Gasteiger partial charge in [0.15, 0.2) is 11.5 Å². The fourth-order valence-corrected chi connectivity index (χ4v) is 11.9. The number of aromatic carboxylic acids is 1. The van der Waals surface area contributed by atoms with Gasteiger partial charge in [-0.3, -0.25) is 24.0 Å². The second-order valence-electron chi connectivity index (χ2n) is 22.9. The van der Waals surface area contributed by atoms with Gasteiger partial charge in [0.1, 0.15) is 53.8 Å². The Balaban J connectivity index is 1.38. The Kier molecular flexibility index (Phi) is 22.7. The maximum absolute atomic E-state index is 15.3. The minimum absolute atomic E-state index is 0.0310. The van der Waals surface area contributed by atoms with E-state index < -0.39 is 107 Å². The summed E-state index contributed by atoms with van der Waals surface area (Å²) in [5, 5.41) is 21.1. The first-order chi connectivity index (χ1) is 42.5. The number of carboxylic acids is 1. The summed E-state index contributed by atoms with van der Waals surface area (Å²) in [5.74, 6) is -8.50. The number of nitrogens with one attached hydrogen (secondary N) is 5. The first kappa shape index (κ1) is 66.8. The van der Waals surface area contributed by atoms with Gasteiger partial charge in [0.2, 0.25) is 11.8 Å². The van der Waals surface area contributed by atoms with Gasteiger partial charge < -0.3 is 59.8 Å². The molecule has 89 heavy (non-hydrogen) atoms. The second kappa shape index (κ2) is 30.2. The molecule has 0 spiro atoms. The zero-order valence-electron chi connectivity index (χ0n) is 50.7. The summed E-state index contributed by atoms with van der Waals surface area (Å²) in [6.45, 7) is 21.3. The molecule has 2 aliphatic carbocycles. The highest BCUT2D eigenvalue weighted by Crippen LogP contribution is 2.43. The maximum Gasteiger partial charge on any atom is 0.342 e. The third-order valence-electron chi connectivity index (χ3n) is 15.9. The fraction of sp³-hybridized carbons (Fsp3) is 0.379. The quantitative estimate of drug-likeness (QED) is 0.0158. The number of nitrogens with zero attached hydrogens (tertiary/aromatic N) is 1. The molecule has 0 saturated heterocycles. The molecule has 7 atom stereocenters. The molecular formula is C66H74N6O17. The molecule has 3 amide bonds. The summed E-state index contributed by atoms with van der Waals surface area (Å²) in [4.78, 5) is 141. The van der Waals surface area contributed by atoms with E-state index in [4.69, 9.17) is 33.4 Å². The van der Waals surface area contributed by atoms with Crippen molar-refractivity contribution in [2.24, 2.45) is 40.5 Å². The molecule has 1 aromatic heterocycles. The molecule has 3 aromatic carbocycles. The number of carboxylic acid groups (broad SMARTS) is 1. The predicted octanol–water partition coefficient (Wildman–Crippen LogP) is 8.18. The van der Waals surface area contributed by atoms with Crippen LogP contribution in [0.4, 0.5) is 5.82 Å². The number of allylic oxidation sites excluding steroid dienone is 1. The Morgan fingerprint density at radius 3 is 1.73 bits per heavy atom. The Morgan fingerprint density at radius 1 is 0.685 bits per heavy atom. The van der Waals surface area contributed by atoms with E-state index in [0.29, 0.717) is 23.0 Å². The molecule has 0 radical (unpaired) electrons. The van der Waals surface area contributed by atoms with Crippen LogP contribution < -0.4 is 30.7 Å². The molecule has 2 saturated carbocycles. The van der Waals surface area contributed by atoms with Gasteiger partial charge in [0.05, 0.1) is 28.6 Å². The van der Waals surface area contributed by atoms with Crippen LogP contribution in [0.1, 0.15) is 123 Å². The highest BCUT2D eigenvalue weighted by Gasteiger charge is 2.41. The minimum Gasteiger partial charge on any atom is -0.478 e. The number of aromatic nitrogens is 1. The first-order valence-electron chi connectivity index (χ1n) is 29.2. The van der Waals surface area contributed by atoms with Crippen LogP contribution in [0.2, 0.25) is 0 Å². The number of esters is 4. The number of anilines is 1. The van der Waals surface area contributed by atoms with Crippen molar-refractivity contribution < 1.29 is 81.5 Å². The molecule has 23 nitrogen and oxygen atoms in total. The lowest BCUT2D eigenvalue weighted by Gasteiger charge is -2.37. The van der Waals surface area contributed by atoms with Crippen molar-refractivity contribution in [2.45, 2.75) is 111 Å². The van der Waals surface area contributed by atoms with Gasteiger partial charge in [-0.2, -0.15) is 0 Å². The molecule has 0 bridgehead atoms. The van der Waals surface area contributed by atoms with Crippen LogP contribution in [0.5, 0.6) is 11.5 Å². The molecule has 1 aliphatic heterocycles. The topological polar surface area (TPSA) is 323 Å². The second-order valence-corrected chi connectivity index (χ2v) is 22.9. The van der Waals surface area contributed by atoms with Crippen LogP contribution in [-0.4, -0.2) is 120 Å². The van der Waals surface area contributed by atoms with Crippen molar-refractivity contribution in [3.05, 3.63) is 137 Å². The Bertz CT molecular complexity index is 3460. The molecule has 23 heteroatoms. The molecule has 7 unspecified atom stereocenters. The summed E-state index contributed by atoms with van der Waals surface area (Å²) in [5.41, 5.74) is 0.0393. The highest BCUT2D eigenvalue weighted by atomic mass is 16.6. The number of rotatable bonds is 25. The number of ether oxygens (including phenoxy) is 6. The van der Waals surface area contributed by atoms with E-state index in [1.165, 1.54) is 13.8 Å². The van der Waals surface area contributed by atoms with Gasteiger partial charge in [0.25, 0.3) is 18.9 Å². The third kappa shape index (κ3) is 16.5. The van der Waals surface area contributed by atoms with E-state index in [9.17, 15) is 43.5 Å². The average Bonchev–Trinajstić information content (AvgIpc) is 1.69. The predicted molar refractivity (Wildman–Crippen MR) is 327 cm³/mol. The van der Waals surface area contributed by atoms with Gasteiger partial charge in [-0.25, -0.2) is 29.0 Å². The molecule has 7 rings (SSSR count). The molecule has 2 fully saturated rings. The standard InChI is InChI=1S/C66H74N6O17/c1-11-51(75)84-31-44(87-52(76)12-2)30-67-40(9)61(77)71-59-55(65(82)88-57-36(5)23-34(3)24-37(57)6)53(42-19-15-13-16-20-42)47(69-59)29-48-54(43-21-17-14-18-22-43)56(66(83)89-58-38(7)25-35(4)26-39(58)8)60(70-48)72-62(78)41(10)68-63(79)45-27-49(85-32-73)50(86-33-74)28-46(45)64(80)81/h11-22,27-29,32-41,44,57-58,67,70H,1-2,23-26,30-31H2,3-10H3,(H,68,79)(H,72,78)(H,80,81)(H,69,71,77)/b47-29-. The van der Waals surface area contributed by atoms with Crippen molar-refractivity contribution in [2.75, 3.05) is 18.5 Å². The van der Waals surface area contributed by atoms with E-state index in [2.05, 4.69) is 53.3 Å². The average molecular weight is 1220 g/mol. The summed E-state index contributed by atoms with van der Waals surface area (Å²) >= 11 is 0. The molecule has 6 N–H and O–H groups in total. The smallest absolute Gasteiger partial charge is 0.342 e.